The summed E-state index contributed by atoms with van der Waals surface area (Å²) >= 11 is 0. The third-order valence-corrected chi connectivity index (χ3v) is 3.06. The summed E-state index contributed by atoms with van der Waals surface area (Å²) in [6.07, 6.45) is 0. The van der Waals surface area contributed by atoms with Crippen LogP contribution in [-0.4, -0.2) is 42.5 Å². The van der Waals surface area contributed by atoms with Gasteiger partial charge in [0.05, 0.1) is 5.54 Å². The molecule has 14 heavy (non-hydrogen) atoms. The van der Waals surface area contributed by atoms with Gasteiger partial charge < -0.3 is 16.0 Å². The highest BCUT2D eigenvalue weighted by Gasteiger charge is 2.35. The van der Waals surface area contributed by atoms with Gasteiger partial charge in [-0.05, 0) is 12.8 Å². The number of nitrogens with one attached hydrogen (secondary N) is 1. The van der Waals surface area contributed by atoms with Crippen molar-refractivity contribution in [3.8, 4) is 0 Å². The van der Waals surface area contributed by atoms with Crippen molar-refractivity contribution in [2.24, 2.45) is 11.7 Å². The molecule has 1 rings (SSSR count). The second-order valence-electron chi connectivity index (χ2n) is 4.48. The zero-order valence-corrected chi connectivity index (χ0v) is 9.34. The number of piperazine rings is 1. The minimum Gasteiger partial charge on any atom is -0.339 e. The first-order chi connectivity index (χ1) is 6.46. The fourth-order valence-corrected chi connectivity index (χ4v) is 1.46. The first-order valence-corrected chi connectivity index (χ1v) is 5.25. The number of carbonyl (C=O) groups excluding carboxylic acids is 1. The summed E-state index contributed by atoms with van der Waals surface area (Å²) in [5, 5.41) is 3.22. The molecule has 0 radical (unpaired) electrons. The summed E-state index contributed by atoms with van der Waals surface area (Å²) in [6.45, 7) is 9.10. The van der Waals surface area contributed by atoms with Crippen LogP contribution in [0.3, 0.4) is 0 Å². The third kappa shape index (κ3) is 2.25. The number of nitrogens with zero attached hydrogens (tertiary/aromatic N) is 1. The van der Waals surface area contributed by atoms with Gasteiger partial charge in [-0.2, -0.15) is 0 Å². The second kappa shape index (κ2) is 4.28. The summed E-state index contributed by atoms with van der Waals surface area (Å²) in [5.74, 6) is 0.249. The Morgan fingerprint density at radius 3 is 2.36 bits per heavy atom. The van der Waals surface area contributed by atoms with E-state index in [-0.39, 0.29) is 11.8 Å². The van der Waals surface area contributed by atoms with Gasteiger partial charge in [0.1, 0.15) is 0 Å². The van der Waals surface area contributed by atoms with E-state index in [1.807, 2.05) is 25.7 Å². The molecule has 0 saturated carbocycles. The van der Waals surface area contributed by atoms with Gasteiger partial charge in [-0.15, -0.1) is 0 Å². The highest BCUT2D eigenvalue weighted by atomic mass is 16.2. The predicted octanol–water partition coefficient (Wildman–Crippen LogP) is -0.208. The molecule has 4 nitrogen and oxygen atoms in total. The van der Waals surface area contributed by atoms with Crippen LogP contribution >= 0.6 is 0 Å². The summed E-state index contributed by atoms with van der Waals surface area (Å²) < 4.78 is 0. The molecule has 0 aromatic rings. The number of hydrogen-bond donors (Lipinski definition) is 2. The van der Waals surface area contributed by atoms with Crippen LogP contribution in [0.25, 0.3) is 0 Å². The molecule has 0 aromatic carbocycles. The van der Waals surface area contributed by atoms with Crippen LogP contribution in [0.4, 0.5) is 0 Å². The molecule has 0 spiro atoms. The van der Waals surface area contributed by atoms with Crippen molar-refractivity contribution in [2.45, 2.75) is 26.3 Å². The molecule has 3 N–H and O–H groups in total. The number of amides is 1. The second-order valence-corrected chi connectivity index (χ2v) is 4.48. The smallest absolute Gasteiger partial charge is 0.242 e. The zero-order chi connectivity index (χ0) is 10.8. The van der Waals surface area contributed by atoms with Crippen molar-refractivity contribution >= 4 is 5.91 Å². The van der Waals surface area contributed by atoms with Gasteiger partial charge in [0.2, 0.25) is 5.91 Å². The molecule has 1 aliphatic rings. The minimum atomic E-state index is -0.725. The Bertz CT molecular complexity index is 207. The molecule has 1 atom stereocenters. The molecule has 0 aromatic heterocycles. The van der Waals surface area contributed by atoms with E-state index in [1.165, 1.54) is 0 Å². The Morgan fingerprint density at radius 1 is 1.43 bits per heavy atom. The number of rotatable bonds is 2. The van der Waals surface area contributed by atoms with E-state index in [4.69, 9.17) is 5.73 Å². The van der Waals surface area contributed by atoms with Gasteiger partial charge in [0.15, 0.2) is 0 Å². The Labute approximate surface area is 85.8 Å². The van der Waals surface area contributed by atoms with Gasteiger partial charge >= 0.3 is 0 Å². The Hall–Kier alpha value is -0.610. The van der Waals surface area contributed by atoms with Crippen molar-refractivity contribution in [3.63, 3.8) is 0 Å². The van der Waals surface area contributed by atoms with E-state index in [0.29, 0.717) is 0 Å². The molecule has 1 fully saturated rings. The predicted molar refractivity (Wildman–Crippen MR) is 56.9 cm³/mol. The van der Waals surface area contributed by atoms with Crippen LogP contribution in [0.15, 0.2) is 0 Å². The molecule has 0 bridgehead atoms. The maximum atomic E-state index is 12.0. The lowest BCUT2D eigenvalue weighted by Gasteiger charge is -2.36. The highest BCUT2D eigenvalue weighted by Crippen LogP contribution is 2.16. The summed E-state index contributed by atoms with van der Waals surface area (Å²) in [5.41, 5.74) is 5.30. The summed E-state index contributed by atoms with van der Waals surface area (Å²) in [6, 6.07) is 0. The third-order valence-electron chi connectivity index (χ3n) is 3.06. The first kappa shape index (κ1) is 11.5. The minimum absolute atomic E-state index is 0.0778. The van der Waals surface area contributed by atoms with Gasteiger partial charge in [0, 0.05) is 26.2 Å². The molecular weight excluding hydrogens is 178 g/mol. The van der Waals surface area contributed by atoms with E-state index in [1.54, 1.807) is 0 Å². The van der Waals surface area contributed by atoms with Crippen LogP contribution in [-0.2, 0) is 4.79 Å². The molecule has 1 unspecified atom stereocenters. The molecule has 4 heteroatoms. The monoisotopic (exact) mass is 199 g/mol. The van der Waals surface area contributed by atoms with Crippen LogP contribution in [0.2, 0.25) is 0 Å². The molecule has 1 heterocycles. The normalized spacial score (nSPS) is 22.2. The van der Waals surface area contributed by atoms with E-state index in [9.17, 15) is 4.79 Å². The van der Waals surface area contributed by atoms with Crippen molar-refractivity contribution in [2.75, 3.05) is 26.2 Å². The van der Waals surface area contributed by atoms with Crippen LogP contribution < -0.4 is 11.1 Å². The largest absolute Gasteiger partial charge is 0.339 e. The van der Waals surface area contributed by atoms with Gasteiger partial charge in [-0.25, -0.2) is 0 Å². The molecule has 0 aliphatic carbocycles. The fourth-order valence-electron chi connectivity index (χ4n) is 1.46. The molecule has 1 aliphatic heterocycles. The Kier molecular flexibility index (Phi) is 3.50. The maximum Gasteiger partial charge on any atom is 0.242 e. The maximum absolute atomic E-state index is 12.0. The average Bonchev–Trinajstić information content (AvgIpc) is 2.17. The van der Waals surface area contributed by atoms with E-state index in [2.05, 4.69) is 5.32 Å². The molecular formula is C10H21N3O. The molecule has 1 amide bonds. The average molecular weight is 199 g/mol. The molecule has 82 valence electrons. The summed E-state index contributed by atoms with van der Waals surface area (Å²) in [4.78, 5) is 13.9. The first-order valence-electron chi connectivity index (χ1n) is 5.25. The van der Waals surface area contributed by atoms with Gasteiger partial charge in [-0.1, -0.05) is 13.8 Å². The summed E-state index contributed by atoms with van der Waals surface area (Å²) in [7, 11) is 0. The van der Waals surface area contributed by atoms with Crippen LogP contribution in [0.5, 0.6) is 0 Å². The van der Waals surface area contributed by atoms with Crippen molar-refractivity contribution in [1.29, 1.82) is 0 Å². The quantitative estimate of drug-likeness (QED) is 0.647. The standard InChI is InChI=1S/C10H21N3O/c1-8(2)10(3,11)9(14)13-6-4-12-5-7-13/h8,12H,4-7,11H2,1-3H3. The van der Waals surface area contributed by atoms with E-state index in [0.717, 1.165) is 26.2 Å². The van der Waals surface area contributed by atoms with Crippen molar-refractivity contribution in [3.05, 3.63) is 0 Å². The van der Waals surface area contributed by atoms with E-state index < -0.39 is 5.54 Å². The zero-order valence-electron chi connectivity index (χ0n) is 9.34. The van der Waals surface area contributed by atoms with Crippen LogP contribution in [0, 0.1) is 5.92 Å². The van der Waals surface area contributed by atoms with Gasteiger partial charge in [-0.3, -0.25) is 4.79 Å². The Balaban J connectivity index is 2.63. The SMILES string of the molecule is CC(C)C(C)(N)C(=O)N1CCNCC1. The fraction of sp³-hybridized carbons (Fsp3) is 0.900. The molecule has 1 saturated heterocycles. The Morgan fingerprint density at radius 2 is 1.93 bits per heavy atom. The number of carbonyl (C=O) groups is 1. The van der Waals surface area contributed by atoms with Crippen molar-refractivity contribution in [1.82, 2.24) is 10.2 Å². The topological polar surface area (TPSA) is 58.4 Å². The lowest BCUT2D eigenvalue weighted by molar-refractivity contribution is -0.138. The lowest BCUT2D eigenvalue weighted by Crippen LogP contribution is -2.59. The van der Waals surface area contributed by atoms with E-state index >= 15 is 0 Å². The van der Waals surface area contributed by atoms with Crippen molar-refractivity contribution < 1.29 is 4.79 Å². The van der Waals surface area contributed by atoms with Gasteiger partial charge in [0.25, 0.3) is 0 Å². The van der Waals surface area contributed by atoms with Crippen LogP contribution in [0.1, 0.15) is 20.8 Å². The number of hydrogen-bond acceptors (Lipinski definition) is 3. The lowest BCUT2D eigenvalue weighted by atomic mass is 9.88. The highest BCUT2D eigenvalue weighted by molar-refractivity contribution is 5.86. The number of nitrogens with two attached hydrogens (primary N) is 1.